The van der Waals surface area contributed by atoms with Gasteiger partial charge in [-0.25, -0.2) is 0 Å². The van der Waals surface area contributed by atoms with E-state index < -0.39 is 0 Å². The third kappa shape index (κ3) is 4.33. The molecular formula is C19H28N4O3. The van der Waals surface area contributed by atoms with Crippen LogP contribution in [0.15, 0.2) is 24.3 Å². The number of nitro benzene ring substituents is 1. The van der Waals surface area contributed by atoms with Crippen LogP contribution in [0.2, 0.25) is 0 Å². The molecule has 1 aromatic rings. The van der Waals surface area contributed by atoms with Crippen LogP contribution in [0, 0.1) is 10.1 Å². The molecule has 3 rings (SSSR count). The summed E-state index contributed by atoms with van der Waals surface area (Å²) >= 11 is 0. The van der Waals surface area contributed by atoms with Crippen LogP contribution in [0.25, 0.3) is 0 Å². The predicted molar refractivity (Wildman–Crippen MR) is 101 cm³/mol. The van der Waals surface area contributed by atoms with Crippen molar-refractivity contribution in [2.24, 2.45) is 0 Å². The van der Waals surface area contributed by atoms with E-state index in [4.69, 9.17) is 0 Å². The maximum Gasteiger partial charge on any atom is 0.292 e. The van der Waals surface area contributed by atoms with Crippen LogP contribution in [0.4, 0.5) is 11.4 Å². The van der Waals surface area contributed by atoms with E-state index in [-0.39, 0.29) is 22.6 Å². The summed E-state index contributed by atoms with van der Waals surface area (Å²) in [6.45, 7) is 4.78. The average molecular weight is 360 g/mol. The monoisotopic (exact) mass is 360 g/mol. The number of nitrogens with zero attached hydrogens (tertiary/aromatic N) is 3. The van der Waals surface area contributed by atoms with Crippen molar-refractivity contribution < 1.29 is 9.72 Å². The van der Waals surface area contributed by atoms with Crippen molar-refractivity contribution in [3.63, 3.8) is 0 Å². The molecule has 0 radical (unpaired) electrons. The third-order valence-corrected chi connectivity index (χ3v) is 5.61. The number of rotatable bonds is 5. The van der Waals surface area contributed by atoms with Crippen molar-refractivity contribution in [1.29, 1.82) is 0 Å². The average Bonchev–Trinajstić information content (AvgIpc) is 2.68. The zero-order chi connectivity index (χ0) is 18.5. The van der Waals surface area contributed by atoms with Crippen molar-refractivity contribution in [3.8, 4) is 0 Å². The largest absolute Gasteiger partial charge is 0.363 e. The molecule has 1 amide bonds. The van der Waals surface area contributed by atoms with Gasteiger partial charge < -0.3 is 10.2 Å². The highest BCUT2D eigenvalue weighted by Crippen LogP contribution is 2.28. The van der Waals surface area contributed by atoms with Gasteiger partial charge in [-0.2, -0.15) is 0 Å². The molecule has 2 aliphatic rings. The van der Waals surface area contributed by atoms with E-state index in [0.29, 0.717) is 24.8 Å². The van der Waals surface area contributed by atoms with Crippen LogP contribution in [0.1, 0.15) is 39.0 Å². The SMILES string of the molecule is CC(C(=O)NC1CCCCC1)N1CCN(c2ccccc2[N+](=O)[O-])CC1. The van der Waals surface area contributed by atoms with Gasteiger partial charge in [0.15, 0.2) is 0 Å². The lowest BCUT2D eigenvalue weighted by Gasteiger charge is -2.38. The third-order valence-electron chi connectivity index (χ3n) is 5.61. The lowest BCUT2D eigenvalue weighted by Crippen LogP contribution is -2.55. The molecule has 1 aromatic carbocycles. The Hall–Kier alpha value is -2.15. The minimum atomic E-state index is -0.331. The zero-order valence-corrected chi connectivity index (χ0v) is 15.4. The van der Waals surface area contributed by atoms with E-state index in [1.54, 1.807) is 18.2 Å². The molecule has 0 spiro atoms. The van der Waals surface area contributed by atoms with Gasteiger partial charge in [0.1, 0.15) is 5.69 Å². The Balaban J connectivity index is 1.54. The molecule has 26 heavy (non-hydrogen) atoms. The Morgan fingerprint density at radius 2 is 1.81 bits per heavy atom. The number of benzene rings is 1. The van der Waals surface area contributed by atoms with Crippen molar-refractivity contribution in [1.82, 2.24) is 10.2 Å². The van der Waals surface area contributed by atoms with E-state index in [1.807, 2.05) is 17.9 Å². The predicted octanol–water partition coefficient (Wildman–Crippen LogP) is 2.55. The van der Waals surface area contributed by atoms with Gasteiger partial charge in [-0.1, -0.05) is 31.4 Å². The van der Waals surface area contributed by atoms with Crippen molar-refractivity contribution in [3.05, 3.63) is 34.4 Å². The topological polar surface area (TPSA) is 78.7 Å². The van der Waals surface area contributed by atoms with Gasteiger partial charge in [0.05, 0.1) is 11.0 Å². The first-order valence-electron chi connectivity index (χ1n) is 9.59. The fourth-order valence-corrected chi connectivity index (χ4v) is 3.97. The Morgan fingerprint density at radius 1 is 1.15 bits per heavy atom. The summed E-state index contributed by atoms with van der Waals surface area (Å²) in [5.74, 6) is 0.107. The molecule has 1 aliphatic carbocycles. The molecule has 1 atom stereocenters. The summed E-state index contributed by atoms with van der Waals surface area (Å²) in [4.78, 5) is 27.7. The Morgan fingerprint density at radius 3 is 2.46 bits per heavy atom. The lowest BCUT2D eigenvalue weighted by molar-refractivity contribution is -0.384. The van der Waals surface area contributed by atoms with Crippen molar-refractivity contribution in [2.75, 3.05) is 31.1 Å². The van der Waals surface area contributed by atoms with Gasteiger partial charge in [-0.05, 0) is 25.8 Å². The Labute approximate surface area is 154 Å². The highest BCUT2D eigenvalue weighted by Gasteiger charge is 2.29. The second-order valence-corrected chi connectivity index (χ2v) is 7.29. The molecule has 142 valence electrons. The molecule has 0 aromatic heterocycles. The molecule has 7 heteroatoms. The maximum absolute atomic E-state index is 12.5. The van der Waals surface area contributed by atoms with Crippen LogP contribution in [-0.2, 0) is 4.79 Å². The fourth-order valence-electron chi connectivity index (χ4n) is 3.97. The molecule has 1 N–H and O–H groups in total. The van der Waals surface area contributed by atoms with E-state index in [1.165, 1.54) is 19.3 Å². The summed E-state index contributed by atoms with van der Waals surface area (Å²) in [6.07, 6.45) is 5.85. The number of amides is 1. The van der Waals surface area contributed by atoms with Crippen molar-refractivity contribution >= 4 is 17.3 Å². The molecular weight excluding hydrogens is 332 g/mol. The van der Waals surface area contributed by atoms with Crippen LogP contribution < -0.4 is 10.2 Å². The minimum Gasteiger partial charge on any atom is -0.363 e. The van der Waals surface area contributed by atoms with Gasteiger partial charge in [0, 0.05) is 38.3 Å². The molecule has 1 aliphatic heterocycles. The number of hydrogen-bond acceptors (Lipinski definition) is 5. The number of anilines is 1. The molecule has 1 unspecified atom stereocenters. The van der Waals surface area contributed by atoms with Gasteiger partial charge in [0.2, 0.25) is 5.91 Å². The second kappa shape index (κ2) is 8.49. The van der Waals surface area contributed by atoms with Crippen LogP contribution >= 0.6 is 0 Å². The summed E-state index contributed by atoms with van der Waals surface area (Å²) in [5.41, 5.74) is 0.806. The molecule has 2 fully saturated rings. The van der Waals surface area contributed by atoms with Crippen LogP contribution in [0.3, 0.4) is 0 Å². The van der Waals surface area contributed by atoms with E-state index >= 15 is 0 Å². The quantitative estimate of drug-likeness (QED) is 0.645. The van der Waals surface area contributed by atoms with E-state index in [2.05, 4.69) is 10.2 Å². The fraction of sp³-hybridized carbons (Fsp3) is 0.632. The summed E-state index contributed by atoms with van der Waals surface area (Å²) in [7, 11) is 0. The number of para-hydroxylation sites is 2. The van der Waals surface area contributed by atoms with Crippen molar-refractivity contribution in [2.45, 2.75) is 51.1 Å². The van der Waals surface area contributed by atoms with Gasteiger partial charge >= 0.3 is 0 Å². The molecule has 1 saturated heterocycles. The van der Waals surface area contributed by atoms with Gasteiger partial charge in [-0.3, -0.25) is 19.8 Å². The first-order valence-corrected chi connectivity index (χ1v) is 9.59. The number of nitrogens with one attached hydrogen (secondary N) is 1. The minimum absolute atomic E-state index is 0.107. The van der Waals surface area contributed by atoms with E-state index in [9.17, 15) is 14.9 Å². The summed E-state index contributed by atoms with van der Waals surface area (Å²) in [6, 6.07) is 7.02. The Bertz CT molecular complexity index is 637. The second-order valence-electron chi connectivity index (χ2n) is 7.29. The van der Waals surface area contributed by atoms with Crippen LogP contribution in [-0.4, -0.2) is 54.0 Å². The highest BCUT2D eigenvalue weighted by atomic mass is 16.6. The molecule has 1 heterocycles. The summed E-state index contributed by atoms with van der Waals surface area (Å²) in [5, 5.41) is 14.4. The van der Waals surface area contributed by atoms with Crippen LogP contribution in [0.5, 0.6) is 0 Å². The Kier molecular flexibility index (Phi) is 6.08. The highest BCUT2D eigenvalue weighted by molar-refractivity contribution is 5.81. The normalized spacial score (nSPS) is 20.6. The molecule has 1 saturated carbocycles. The number of carbonyl (C=O) groups excluding carboxylic acids is 1. The number of carbonyl (C=O) groups is 1. The smallest absolute Gasteiger partial charge is 0.292 e. The number of hydrogen-bond donors (Lipinski definition) is 1. The standard InChI is InChI=1S/C19H28N4O3/c1-15(19(24)20-16-7-3-2-4-8-16)21-11-13-22(14-12-21)17-9-5-6-10-18(17)23(25)26/h5-6,9-10,15-16H,2-4,7-8,11-14H2,1H3,(H,20,24). The maximum atomic E-state index is 12.5. The van der Waals surface area contributed by atoms with Gasteiger partial charge in [0.25, 0.3) is 5.69 Å². The number of nitro groups is 1. The first kappa shape index (κ1) is 18.6. The lowest BCUT2D eigenvalue weighted by atomic mass is 9.95. The molecule has 0 bridgehead atoms. The number of piperazine rings is 1. The molecule has 7 nitrogen and oxygen atoms in total. The van der Waals surface area contributed by atoms with E-state index in [0.717, 1.165) is 25.9 Å². The summed E-state index contributed by atoms with van der Waals surface area (Å²) < 4.78 is 0. The zero-order valence-electron chi connectivity index (χ0n) is 15.4. The first-order chi connectivity index (χ1) is 12.6. The van der Waals surface area contributed by atoms with Gasteiger partial charge in [-0.15, -0.1) is 0 Å².